The van der Waals surface area contributed by atoms with Crippen LogP contribution in [-0.4, -0.2) is 56.8 Å². The molecule has 1 heterocycles. The van der Waals surface area contributed by atoms with Gasteiger partial charge in [0, 0.05) is 13.1 Å². The van der Waals surface area contributed by atoms with Crippen molar-refractivity contribution in [2.45, 2.75) is 37.6 Å². The highest BCUT2D eigenvalue weighted by Gasteiger charge is 2.51. The number of anilines is 1. The van der Waals surface area contributed by atoms with Gasteiger partial charge in [0.25, 0.3) is 0 Å². The average molecular weight is 474 g/mol. The molecule has 0 saturated carbocycles. The predicted molar refractivity (Wildman–Crippen MR) is 127 cm³/mol. The summed E-state index contributed by atoms with van der Waals surface area (Å²) in [4.78, 5) is 28.4. The third kappa shape index (κ3) is 5.04. The molecule has 9 heteroatoms. The quantitative estimate of drug-likeness (QED) is 0.636. The maximum atomic E-state index is 13.5. The first-order chi connectivity index (χ1) is 15.6. The van der Waals surface area contributed by atoms with Crippen LogP contribution < -0.4 is 15.0 Å². The first-order valence-corrected chi connectivity index (χ1v) is 12.3. The van der Waals surface area contributed by atoms with Crippen molar-refractivity contribution in [1.82, 2.24) is 9.62 Å². The normalized spacial score (nSPS) is 19.5. The molecule has 0 radical (unpaired) electrons. The summed E-state index contributed by atoms with van der Waals surface area (Å²) in [5.74, 6) is -0.125. The van der Waals surface area contributed by atoms with Gasteiger partial charge in [-0.15, -0.1) is 0 Å². The fourth-order valence-corrected chi connectivity index (χ4v) is 5.43. The van der Waals surface area contributed by atoms with E-state index in [9.17, 15) is 18.0 Å². The lowest BCUT2D eigenvalue weighted by Gasteiger charge is -2.46. The smallest absolute Gasteiger partial charge is 0.247 e. The molecule has 1 aliphatic rings. The Morgan fingerprint density at radius 2 is 1.76 bits per heavy atom. The van der Waals surface area contributed by atoms with E-state index in [2.05, 4.69) is 5.32 Å². The van der Waals surface area contributed by atoms with Gasteiger partial charge in [0.2, 0.25) is 21.8 Å². The van der Waals surface area contributed by atoms with Gasteiger partial charge in [-0.25, -0.2) is 8.42 Å². The number of carbonyl (C=O) groups excluding carboxylic acids is 2. The molecule has 0 aromatic heterocycles. The van der Waals surface area contributed by atoms with Crippen LogP contribution in [0.3, 0.4) is 0 Å². The molecule has 1 fully saturated rings. The van der Waals surface area contributed by atoms with Gasteiger partial charge in [-0.3, -0.25) is 14.5 Å². The van der Waals surface area contributed by atoms with Crippen molar-refractivity contribution in [3.63, 3.8) is 0 Å². The van der Waals surface area contributed by atoms with Crippen molar-refractivity contribution in [3.8, 4) is 5.75 Å². The molecule has 0 aliphatic carbocycles. The van der Waals surface area contributed by atoms with E-state index < -0.39 is 27.4 Å². The minimum atomic E-state index is -3.98. The number of rotatable bonds is 8. The molecule has 1 saturated heterocycles. The topological polar surface area (TPSA) is 96.0 Å². The third-order valence-corrected chi connectivity index (χ3v) is 7.55. The SMILES string of the molecule is COc1ccccc1N1C(=O)CN(S(=O)(=O)c2ccccc2)C[C@]1(C)C(=O)NCCC(C)C. The van der Waals surface area contributed by atoms with Crippen molar-refractivity contribution in [2.24, 2.45) is 5.92 Å². The predicted octanol–water partition coefficient (Wildman–Crippen LogP) is 2.65. The zero-order valence-electron chi connectivity index (χ0n) is 19.4. The zero-order valence-corrected chi connectivity index (χ0v) is 20.3. The van der Waals surface area contributed by atoms with Crippen molar-refractivity contribution < 1.29 is 22.7 Å². The lowest BCUT2D eigenvalue weighted by Crippen LogP contribution is -2.70. The fourth-order valence-electron chi connectivity index (χ4n) is 3.93. The summed E-state index contributed by atoms with van der Waals surface area (Å²) in [6, 6.07) is 14.8. The molecule has 2 aromatic carbocycles. The number of ether oxygens (including phenoxy) is 1. The molecular weight excluding hydrogens is 442 g/mol. The van der Waals surface area contributed by atoms with Crippen molar-refractivity contribution >= 4 is 27.5 Å². The van der Waals surface area contributed by atoms with Gasteiger partial charge in [0.1, 0.15) is 11.3 Å². The van der Waals surface area contributed by atoms with Crippen molar-refractivity contribution in [3.05, 3.63) is 54.6 Å². The summed E-state index contributed by atoms with van der Waals surface area (Å²) in [6.07, 6.45) is 0.760. The Balaban J connectivity index is 2.04. The van der Waals surface area contributed by atoms with E-state index in [1.807, 2.05) is 13.8 Å². The Labute approximate surface area is 195 Å². The number of methoxy groups -OCH3 is 1. The average Bonchev–Trinajstić information content (AvgIpc) is 2.79. The van der Waals surface area contributed by atoms with Gasteiger partial charge in [-0.1, -0.05) is 44.2 Å². The van der Waals surface area contributed by atoms with E-state index in [1.165, 1.54) is 24.1 Å². The number of para-hydroxylation sites is 2. The van der Waals surface area contributed by atoms with E-state index >= 15 is 0 Å². The first-order valence-electron chi connectivity index (χ1n) is 10.9. The Morgan fingerprint density at radius 3 is 2.39 bits per heavy atom. The summed E-state index contributed by atoms with van der Waals surface area (Å²) < 4.78 is 33.1. The van der Waals surface area contributed by atoms with Gasteiger partial charge >= 0.3 is 0 Å². The van der Waals surface area contributed by atoms with Crippen LogP contribution in [0.25, 0.3) is 0 Å². The van der Waals surface area contributed by atoms with Crippen LogP contribution in [0.1, 0.15) is 27.2 Å². The maximum Gasteiger partial charge on any atom is 0.247 e. The number of carbonyl (C=O) groups is 2. The Morgan fingerprint density at radius 1 is 1.12 bits per heavy atom. The van der Waals surface area contributed by atoms with Crippen LogP contribution in [0.15, 0.2) is 59.5 Å². The van der Waals surface area contributed by atoms with Gasteiger partial charge in [0.15, 0.2) is 0 Å². The first kappa shape index (κ1) is 24.7. The summed E-state index contributed by atoms with van der Waals surface area (Å²) in [6.45, 7) is 5.53. The van der Waals surface area contributed by atoms with Gasteiger partial charge in [-0.05, 0) is 43.5 Å². The van der Waals surface area contributed by atoms with Crippen molar-refractivity contribution in [2.75, 3.05) is 31.6 Å². The van der Waals surface area contributed by atoms with E-state index in [0.717, 1.165) is 10.7 Å². The van der Waals surface area contributed by atoms with Crippen LogP contribution in [0.4, 0.5) is 5.69 Å². The molecule has 33 heavy (non-hydrogen) atoms. The highest BCUT2D eigenvalue weighted by Crippen LogP contribution is 2.37. The molecule has 2 amide bonds. The number of hydrogen-bond donors (Lipinski definition) is 1. The lowest BCUT2D eigenvalue weighted by atomic mass is 9.94. The van der Waals surface area contributed by atoms with Gasteiger partial charge in [-0.2, -0.15) is 4.31 Å². The van der Waals surface area contributed by atoms with Crippen LogP contribution in [0.5, 0.6) is 5.75 Å². The molecule has 8 nitrogen and oxygen atoms in total. The fraction of sp³-hybridized carbons (Fsp3) is 0.417. The maximum absolute atomic E-state index is 13.5. The van der Waals surface area contributed by atoms with E-state index in [1.54, 1.807) is 49.4 Å². The van der Waals surface area contributed by atoms with Crippen LogP contribution >= 0.6 is 0 Å². The number of sulfonamides is 1. The minimum absolute atomic E-state index is 0.0751. The largest absolute Gasteiger partial charge is 0.495 e. The van der Waals surface area contributed by atoms with Crippen LogP contribution in [0.2, 0.25) is 0 Å². The lowest BCUT2D eigenvalue weighted by molar-refractivity contribution is -0.132. The molecule has 3 rings (SSSR count). The van der Waals surface area contributed by atoms with Gasteiger partial charge in [0.05, 0.1) is 24.2 Å². The molecule has 0 spiro atoms. The number of benzene rings is 2. The molecule has 2 aromatic rings. The molecule has 178 valence electrons. The number of hydrogen-bond acceptors (Lipinski definition) is 5. The van der Waals surface area contributed by atoms with Crippen LogP contribution in [-0.2, 0) is 19.6 Å². The summed E-state index contributed by atoms with van der Waals surface area (Å²) in [5.41, 5.74) is -1.06. The van der Waals surface area contributed by atoms with E-state index in [0.29, 0.717) is 23.9 Å². The molecule has 0 bridgehead atoms. The Kier molecular flexibility index (Phi) is 7.44. The molecule has 1 N–H and O–H groups in total. The minimum Gasteiger partial charge on any atom is -0.495 e. The summed E-state index contributed by atoms with van der Waals surface area (Å²) in [5, 5.41) is 2.90. The Bertz CT molecular complexity index is 1100. The summed E-state index contributed by atoms with van der Waals surface area (Å²) >= 11 is 0. The molecule has 1 aliphatic heterocycles. The monoisotopic (exact) mass is 473 g/mol. The summed E-state index contributed by atoms with van der Waals surface area (Å²) in [7, 11) is -2.49. The highest BCUT2D eigenvalue weighted by molar-refractivity contribution is 7.89. The standard InChI is InChI=1S/C24H31N3O5S/c1-18(2)14-15-25-23(29)24(3)17-26(33(30,31)19-10-6-5-7-11-19)16-22(28)27(24)20-12-8-9-13-21(20)32-4/h5-13,18H,14-17H2,1-4H3,(H,25,29)/t24-/m1/s1. The third-order valence-electron chi connectivity index (χ3n) is 5.74. The second-order valence-electron chi connectivity index (χ2n) is 8.70. The number of piperazine rings is 1. The van der Waals surface area contributed by atoms with E-state index in [-0.39, 0.29) is 18.0 Å². The zero-order chi connectivity index (χ0) is 24.2. The number of nitrogens with one attached hydrogen (secondary N) is 1. The highest BCUT2D eigenvalue weighted by atomic mass is 32.2. The molecule has 1 atom stereocenters. The van der Waals surface area contributed by atoms with Crippen LogP contribution in [0, 0.1) is 5.92 Å². The second-order valence-corrected chi connectivity index (χ2v) is 10.6. The Hall–Kier alpha value is -2.91. The molecule has 0 unspecified atom stereocenters. The number of amides is 2. The second kappa shape index (κ2) is 9.93. The van der Waals surface area contributed by atoms with Crippen molar-refractivity contribution in [1.29, 1.82) is 0 Å². The molecular formula is C24H31N3O5S. The van der Waals surface area contributed by atoms with Gasteiger partial charge < -0.3 is 10.1 Å². The number of nitrogens with zero attached hydrogens (tertiary/aromatic N) is 2. The van der Waals surface area contributed by atoms with E-state index in [4.69, 9.17) is 4.74 Å².